The van der Waals surface area contributed by atoms with Crippen molar-refractivity contribution in [2.75, 3.05) is 0 Å². The molecule has 1 aliphatic carbocycles. The van der Waals surface area contributed by atoms with Gasteiger partial charge in [-0.3, -0.25) is 0 Å². The molecule has 1 aromatic rings. The molecule has 0 radical (unpaired) electrons. The lowest BCUT2D eigenvalue weighted by atomic mass is 9.78. The van der Waals surface area contributed by atoms with E-state index in [1.165, 1.54) is 30.4 Å². The fourth-order valence-electron chi connectivity index (χ4n) is 3.49. The van der Waals surface area contributed by atoms with Crippen molar-refractivity contribution in [2.45, 2.75) is 63.0 Å². The minimum atomic E-state index is 0.851. The van der Waals surface area contributed by atoms with Gasteiger partial charge in [0.1, 0.15) is 0 Å². The Balaban J connectivity index is 2.05. The molecule has 0 bridgehead atoms. The molecule has 0 spiro atoms. The molecule has 0 nitrogen and oxygen atoms in total. The minimum absolute atomic E-state index is 0.851. The van der Waals surface area contributed by atoms with Crippen LogP contribution in [0.1, 0.15) is 54.4 Å². The Morgan fingerprint density at radius 1 is 1.12 bits per heavy atom. The van der Waals surface area contributed by atoms with Gasteiger partial charge in [-0.05, 0) is 67.7 Å². The topological polar surface area (TPSA) is 0 Å². The van der Waals surface area contributed by atoms with Crippen molar-refractivity contribution in [1.82, 2.24) is 0 Å². The van der Waals surface area contributed by atoms with E-state index in [0.29, 0.717) is 0 Å². The molecule has 1 saturated carbocycles. The van der Waals surface area contributed by atoms with Crippen molar-refractivity contribution in [3.63, 3.8) is 0 Å². The summed E-state index contributed by atoms with van der Waals surface area (Å²) in [5.41, 5.74) is 6.21. The van der Waals surface area contributed by atoms with Gasteiger partial charge in [0.05, 0.1) is 0 Å². The SMILES string of the molecule is Cc1cc2c(c(C)c1C)SC1CC(C)CCC21. The highest BCUT2D eigenvalue weighted by molar-refractivity contribution is 8.00. The Bertz CT molecular complexity index is 461. The van der Waals surface area contributed by atoms with E-state index >= 15 is 0 Å². The summed E-state index contributed by atoms with van der Waals surface area (Å²) in [7, 11) is 0. The van der Waals surface area contributed by atoms with Crippen LogP contribution in [0.4, 0.5) is 0 Å². The number of rotatable bonds is 0. The fraction of sp³-hybridized carbons (Fsp3) is 0.625. The van der Waals surface area contributed by atoms with Gasteiger partial charge < -0.3 is 0 Å². The lowest BCUT2D eigenvalue weighted by Crippen LogP contribution is -2.20. The van der Waals surface area contributed by atoms with Gasteiger partial charge in [-0.2, -0.15) is 0 Å². The van der Waals surface area contributed by atoms with Crippen LogP contribution in [0, 0.1) is 26.7 Å². The van der Waals surface area contributed by atoms with Crippen LogP contribution in [0.2, 0.25) is 0 Å². The molecule has 1 aromatic carbocycles. The van der Waals surface area contributed by atoms with Crippen molar-refractivity contribution < 1.29 is 0 Å². The van der Waals surface area contributed by atoms with Crippen molar-refractivity contribution in [2.24, 2.45) is 5.92 Å². The zero-order valence-electron chi connectivity index (χ0n) is 11.3. The van der Waals surface area contributed by atoms with Gasteiger partial charge in [0.2, 0.25) is 0 Å². The van der Waals surface area contributed by atoms with Gasteiger partial charge in [-0.25, -0.2) is 0 Å². The molecule has 3 atom stereocenters. The Kier molecular flexibility index (Phi) is 2.77. The summed E-state index contributed by atoms with van der Waals surface area (Å²) in [5.74, 6) is 1.78. The van der Waals surface area contributed by atoms with Crippen molar-refractivity contribution in [3.05, 3.63) is 28.3 Å². The van der Waals surface area contributed by atoms with Gasteiger partial charge in [-0.15, -0.1) is 11.8 Å². The van der Waals surface area contributed by atoms with E-state index in [1.54, 1.807) is 16.0 Å². The highest BCUT2D eigenvalue weighted by Gasteiger charge is 2.38. The first kappa shape index (κ1) is 11.6. The summed E-state index contributed by atoms with van der Waals surface area (Å²) in [6.07, 6.45) is 4.25. The Labute approximate surface area is 109 Å². The number of benzene rings is 1. The van der Waals surface area contributed by atoms with Crippen LogP contribution in [-0.2, 0) is 0 Å². The first-order valence-electron chi connectivity index (χ1n) is 6.85. The highest BCUT2D eigenvalue weighted by atomic mass is 32.2. The van der Waals surface area contributed by atoms with E-state index in [4.69, 9.17) is 0 Å². The maximum atomic E-state index is 2.48. The average molecular weight is 246 g/mol. The molecule has 0 aromatic heterocycles. The van der Waals surface area contributed by atoms with E-state index in [0.717, 1.165) is 17.1 Å². The normalized spacial score (nSPS) is 31.2. The van der Waals surface area contributed by atoms with Crippen LogP contribution in [0.25, 0.3) is 0 Å². The average Bonchev–Trinajstić information content (AvgIpc) is 2.64. The zero-order valence-corrected chi connectivity index (χ0v) is 12.2. The molecule has 17 heavy (non-hydrogen) atoms. The van der Waals surface area contributed by atoms with Crippen LogP contribution in [-0.4, -0.2) is 5.25 Å². The maximum Gasteiger partial charge on any atom is 0.0166 e. The van der Waals surface area contributed by atoms with E-state index in [2.05, 4.69) is 45.5 Å². The Morgan fingerprint density at radius 3 is 2.65 bits per heavy atom. The van der Waals surface area contributed by atoms with E-state index in [-0.39, 0.29) is 0 Å². The van der Waals surface area contributed by atoms with Gasteiger partial charge in [0.25, 0.3) is 0 Å². The molecular weight excluding hydrogens is 224 g/mol. The summed E-state index contributed by atoms with van der Waals surface area (Å²) >= 11 is 2.17. The van der Waals surface area contributed by atoms with Crippen LogP contribution in [0.5, 0.6) is 0 Å². The smallest absolute Gasteiger partial charge is 0.0166 e. The second-order valence-corrected chi connectivity index (χ2v) is 7.29. The summed E-state index contributed by atoms with van der Waals surface area (Å²) in [6.45, 7) is 9.28. The molecule has 0 saturated heterocycles. The predicted molar refractivity (Wildman–Crippen MR) is 76.1 cm³/mol. The zero-order chi connectivity index (χ0) is 12.2. The Hall–Kier alpha value is -0.430. The van der Waals surface area contributed by atoms with Crippen LogP contribution in [0.3, 0.4) is 0 Å². The second kappa shape index (κ2) is 4.05. The first-order valence-corrected chi connectivity index (χ1v) is 7.73. The number of thioether (sulfide) groups is 1. The molecule has 3 unspecified atom stereocenters. The molecule has 1 heterocycles. The molecule has 1 heteroatoms. The van der Waals surface area contributed by atoms with Gasteiger partial charge >= 0.3 is 0 Å². The van der Waals surface area contributed by atoms with Gasteiger partial charge in [0.15, 0.2) is 0 Å². The van der Waals surface area contributed by atoms with Crippen molar-refractivity contribution in [1.29, 1.82) is 0 Å². The molecule has 1 aliphatic heterocycles. The number of hydrogen-bond donors (Lipinski definition) is 0. The summed E-state index contributed by atoms with van der Waals surface area (Å²) in [4.78, 5) is 1.62. The van der Waals surface area contributed by atoms with E-state index in [1.807, 2.05) is 0 Å². The summed E-state index contributed by atoms with van der Waals surface area (Å²) in [5, 5.41) is 0.869. The number of fused-ring (bicyclic) bond motifs is 3. The second-order valence-electron chi connectivity index (χ2n) is 6.04. The molecule has 92 valence electrons. The monoisotopic (exact) mass is 246 g/mol. The summed E-state index contributed by atoms with van der Waals surface area (Å²) < 4.78 is 0. The van der Waals surface area contributed by atoms with Crippen LogP contribution < -0.4 is 0 Å². The fourth-order valence-corrected chi connectivity index (χ4v) is 5.34. The standard InChI is InChI=1S/C16H22S/c1-9-5-6-13-14-8-10(2)11(3)12(4)16(14)17-15(13)7-9/h8-9,13,15H,5-7H2,1-4H3. The lowest BCUT2D eigenvalue weighted by molar-refractivity contribution is 0.361. The third kappa shape index (κ3) is 1.74. The quantitative estimate of drug-likeness (QED) is 0.621. The number of aryl methyl sites for hydroxylation is 1. The molecular formula is C16H22S. The molecule has 1 fully saturated rings. The third-order valence-corrected chi connectivity index (χ3v) is 6.45. The van der Waals surface area contributed by atoms with Crippen molar-refractivity contribution >= 4 is 11.8 Å². The molecule has 0 amide bonds. The largest absolute Gasteiger partial charge is 0.122 e. The van der Waals surface area contributed by atoms with Crippen LogP contribution in [0.15, 0.2) is 11.0 Å². The molecule has 0 N–H and O–H groups in total. The Morgan fingerprint density at radius 2 is 1.88 bits per heavy atom. The van der Waals surface area contributed by atoms with Gasteiger partial charge in [-0.1, -0.05) is 19.4 Å². The minimum Gasteiger partial charge on any atom is -0.122 e. The number of hydrogen-bond acceptors (Lipinski definition) is 1. The highest BCUT2D eigenvalue weighted by Crippen LogP contribution is 2.54. The van der Waals surface area contributed by atoms with Crippen LogP contribution >= 0.6 is 11.8 Å². The first-order chi connectivity index (χ1) is 8.08. The van der Waals surface area contributed by atoms with E-state index in [9.17, 15) is 0 Å². The third-order valence-electron chi connectivity index (χ3n) is 4.85. The maximum absolute atomic E-state index is 2.48. The predicted octanol–water partition coefficient (Wildman–Crippen LogP) is 4.99. The molecule has 3 rings (SSSR count). The van der Waals surface area contributed by atoms with Gasteiger partial charge in [0, 0.05) is 10.1 Å². The van der Waals surface area contributed by atoms with E-state index < -0.39 is 0 Å². The lowest BCUT2D eigenvalue weighted by Gasteiger charge is -2.29. The van der Waals surface area contributed by atoms with Crippen molar-refractivity contribution in [3.8, 4) is 0 Å². The summed E-state index contributed by atoms with van der Waals surface area (Å²) in [6, 6.07) is 2.48. The molecule has 2 aliphatic rings.